The number of nitrogens with one attached hydrogen (secondary N) is 3. The van der Waals surface area contributed by atoms with Gasteiger partial charge in [-0.2, -0.15) is 5.53 Å². The highest BCUT2D eigenvalue weighted by molar-refractivity contribution is 4.82. The van der Waals surface area contributed by atoms with E-state index in [9.17, 15) is 0 Å². The normalized spacial score (nSPS) is 25.6. The largest absolute Gasteiger partial charge is 0.244 e. The van der Waals surface area contributed by atoms with Gasteiger partial charge in [-0.1, -0.05) is 12.2 Å². The molecule has 0 unspecified atom stereocenters. The van der Waals surface area contributed by atoms with Crippen molar-refractivity contribution in [1.29, 1.82) is 0 Å². The summed E-state index contributed by atoms with van der Waals surface area (Å²) in [5, 5.41) is 0. The van der Waals surface area contributed by atoms with Crippen LogP contribution in [0.1, 0.15) is 19.3 Å². The maximum absolute atomic E-state index is 3.06. The van der Waals surface area contributed by atoms with Crippen molar-refractivity contribution in [3.63, 3.8) is 0 Å². The van der Waals surface area contributed by atoms with E-state index >= 15 is 0 Å². The second-order valence-corrected chi connectivity index (χ2v) is 2.38. The van der Waals surface area contributed by atoms with E-state index in [2.05, 4.69) is 28.5 Å². The third-order valence-electron chi connectivity index (χ3n) is 1.45. The molecule has 58 valence electrons. The highest BCUT2D eigenvalue weighted by Gasteiger charge is 1.87. The van der Waals surface area contributed by atoms with Crippen LogP contribution in [0.25, 0.3) is 0 Å². The molecule has 0 aromatic carbocycles. The Labute approximate surface area is 61.8 Å². The number of hydrogen-bond acceptors (Lipinski definition) is 3. The zero-order valence-corrected chi connectivity index (χ0v) is 6.19. The molecule has 0 aromatic rings. The highest BCUT2D eigenvalue weighted by Crippen LogP contribution is 1.91. The fourth-order valence-electron chi connectivity index (χ4n) is 0.887. The van der Waals surface area contributed by atoms with E-state index in [1.165, 1.54) is 12.8 Å². The summed E-state index contributed by atoms with van der Waals surface area (Å²) >= 11 is 0. The van der Waals surface area contributed by atoms with Crippen molar-refractivity contribution in [2.45, 2.75) is 19.3 Å². The lowest BCUT2D eigenvalue weighted by atomic mass is 10.2. The van der Waals surface area contributed by atoms with Gasteiger partial charge in [-0.05, 0) is 19.3 Å². The van der Waals surface area contributed by atoms with Crippen LogP contribution in [0.5, 0.6) is 0 Å². The summed E-state index contributed by atoms with van der Waals surface area (Å²) in [4.78, 5) is 0. The Kier molecular flexibility index (Phi) is 4.18. The van der Waals surface area contributed by atoms with Gasteiger partial charge in [0, 0.05) is 13.1 Å². The van der Waals surface area contributed by atoms with E-state index in [4.69, 9.17) is 0 Å². The molecular weight excluding hydrogens is 126 g/mol. The van der Waals surface area contributed by atoms with Gasteiger partial charge in [-0.3, -0.25) is 0 Å². The van der Waals surface area contributed by atoms with Gasteiger partial charge < -0.3 is 0 Å². The predicted octanol–water partition coefficient (Wildman–Crippen LogP) is 0.325. The van der Waals surface area contributed by atoms with E-state index in [1.54, 1.807) is 0 Å². The Bertz CT molecular complexity index is 89.0. The van der Waals surface area contributed by atoms with Gasteiger partial charge >= 0.3 is 0 Å². The molecule has 0 saturated heterocycles. The summed E-state index contributed by atoms with van der Waals surface area (Å²) in [5.74, 6) is 0. The van der Waals surface area contributed by atoms with Gasteiger partial charge in [0.05, 0.1) is 0 Å². The zero-order valence-electron chi connectivity index (χ0n) is 6.19. The third kappa shape index (κ3) is 3.61. The molecule has 3 nitrogen and oxygen atoms in total. The van der Waals surface area contributed by atoms with Gasteiger partial charge in [-0.15, -0.1) is 0 Å². The Morgan fingerprint density at radius 2 is 1.70 bits per heavy atom. The molecule has 3 N–H and O–H groups in total. The quantitative estimate of drug-likeness (QED) is 0.425. The van der Waals surface area contributed by atoms with Crippen LogP contribution in [0.15, 0.2) is 12.2 Å². The SMILES string of the molecule is C1=C/CCNNNCCC/1. The van der Waals surface area contributed by atoms with Crippen molar-refractivity contribution >= 4 is 0 Å². The Balaban J connectivity index is 2.13. The smallest absolute Gasteiger partial charge is 0.0148 e. The molecule has 0 saturated carbocycles. The summed E-state index contributed by atoms with van der Waals surface area (Å²) in [6.07, 6.45) is 7.96. The van der Waals surface area contributed by atoms with Crippen LogP contribution in [0, 0.1) is 0 Å². The Hall–Kier alpha value is -0.380. The molecule has 0 fully saturated rings. The molecule has 1 aliphatic rings. The molecule has 1 heterocycles. The van der Waals surface area contributed by atoms with Gasteiger partial charge in [-0.25, -0.2) is 10.9 Å². The van der Waals surface area contributed by atoms with Gasteiger partial charge in [0.2, 0.25) is 0 Å². The fraction of sp³-hybridized carbons (Fsp3) is 0.714. The predicted molar refractivity (Wildman–Crippen MR) is 42.1 cm³/mol. The first-order valence-electron chi connectivity index (χ1n) is 3.86. The minimum absolute atomic E-state index is 0.990. The molecule has 10 heavy (non-hydrogen) atoms. The third-order valence-corrected chi connectivity index (χ3v) is 1.45. The number of allylic oxidation sites excluding steroid dienone is 1. The minimum Gasteiger partial charge on any atom is -0.244 e. The van der Waals surface area contributed by atoms with Crippen LogP contribution in [0.2, 0.25) is 0 Å². The molecule has 3 heteroatoms. The zero-order chi connectivity index (χ0) is 7.07. The standard InChI is InChI=1S/C7H15N3/c1-2-4-6-8-10-9-7-5-3-1/h1-2,8-10H,3-7H2/b2-1+. The summed E-state index contributed by atoms with van der Waals surface area (Å²) < 4.78 is 0. The number of rotatable bonds is 0. The second-order valence-electron chi connectivity index (χ2n) is 2.38. The summed E-state index contributed by atoms with van der Waals surface area (Å²) in [5.41, 5.74) is 9.02. The molecule has 0 atom stereocenters. The summed E-state index contributed by atoms with van der Waals surface area (Å²) in [7, 11) is 0. The van der Waals surface area contributed by atoms with Crippen molar-refractivity contribution in [2.24, 2.45) is 0 Å². The van der Waals surface area contributed by atoms with Gasteiger partial charge in [0.25, 0.3) is 0 Å². The van der Waals surface area contributed by atoms with Crippen molar-refractivity contribution < 1.29 is 0 Å². The van der Waals surface area contributed by atoms with Crippen LogP contribution < -0.4 is 16.4 Å². The first-order chi connectivity index (χ1) is 5.00. The highest BCUT2D eigenvalue weighted by atomic mass is 15.6. The topological polar surface area (TPSA) is 36.1 Å². The van der Waals surface area contributed by atoms with E-state index in [-0.39, 0.29) is 0 Å². The van der Waals surface area contributed by atoms with Gasteiger partial charge in [0.1, 0.15) is 0 Å². The van der Waals surface area contributed by atoms with Crippen molar-refractivity contribution in [1.82, 2.24) is 16.4 Å². The van der Waals surface area contributed by atoms with E-state index in [0.717, 1.165) is 19.5 Å². The lowest BCUT2D eigenvalue weighted by molar-refractivity contribution is 0.431. The van der Waals surface area contributed by atoms with Crippen molar-refractivity contribution in [3.05, 3.63) is 12.2 Å². The molecule has 1 rings (SSSR count). The van der Waals surface area contributed by atoms with Crippen LogP contribution in [-0.4, -0.2) is 13.1 Å². The molecular formula is C7H15N3. The molecule has 0 radical (unpaired) electrons. The Morgan fingerprint density at radius 3 is 2.70 bits per heavy atom. The van der Waals surface area contributed by atoms with E-state index in [1.807, 2.05) is 0 Å². The van der Waals surface area contributed by atoms with E-state index in [0.29, 0.717) is 0 Å². The molecule has 1 aliphatic heterocycles. The monoisotopic (exact) mass is 141 g/mol. The van der Waals surface area contributed by atoms with Crippen molar-refractivity contribution in [3.8, 4) is 0 Å². The first-order valence-corrected chi connectivity index (χ1v) is 3.86. The number of hydrazine groups is 2. The average Bonchev–Trinajstić information content (AvgIpc) is 2.01. The molecule has 0 bridgehead atoms. The maximum Gasteiger partial charge on any atom is 0.0148 e. The first kappa shape index (κ1) is 7.72. The van der Waals surface area contributed by atoms with Crippen LogP contribution in [0.3, 0.4) is 0 Å². The summed E-state index contributed by atoms with van der Waals surface area (Å²) in [6.45, 7) is 2.01. The lowest BCUT2D eigenvalue weighted by Gasteiger charge is -2.08. The second kappa shape index (κ2) is 5.41. The summed E-state index contributed by atoms with van der Waals surface area (Å²) in [6, 6.07) is 0. The average molecular weight is 141 g/mol. The van der Waals surface area contributed by atoms with Crippen LogP contribution in [0.4, 0.5) is 0 Å². The minimum atomic E-state index is 0.990. The van der Waals surface area contributed by atoms with Crippen LogP contribution >= 0.6 is 0 Å². The fourth-order valence-corrected chi connectivity index (χ4v) is 0.887. The molecule has 0 aliphatic carbocycles. The van der Waals surface area contributed by atoms with E-state index < -0.39 is 0 Å². The number of hydrogen-bond donors (Lipinski definition) is 3. The van der Waals surface area contributed by atoms with Crippen LogP contribution in [-0.2, 0) is 0 Å². The van der Waals surface area contributed by atoms with Crippen molar-refractivity contribution in [2.75, 3.05) is 13.1 Å². The maximum atomic E-state index is 3.06. The molecule has 0 amide bonds. The molecule has 0 aromatic heterocycles. The lowest BCUT2D eigenvalue weighted by Crippen LogP contribution is -2.44. The van der Waals surface area contributed by atoms with Gasteiger partial charge in [0.15, 0.2) is 0 Å². The molecule has 0 spiro atoms. The Morgan fingerprint density at radius 1 is 0.900 bits per heavy atom.